The molecule has 4 rings (SSSR count). The fraction of sp³-hybridized carbons (Fsp3) is 0.0952. The van der Waals surface area contributed by atoms with Gasteiger partial charge in [0.1, 0.15) is 5.65 Å². The Morgan fingerprint density at radius 3 is 2.33 bits per heavy atom. The minimum atomic E-state index is -3.60. The van der Waals surface area contributed by atoms with E-state index in [1.807, 2.05) is 78.3 Å². The van der Waals surface area contributed by atoms with Crippen LogP contribution in [0.1, 0.15) is 11.3 Å². The van der Waals surface area contributed by atoms with Crippen LogP contribution in [-0.2, 0) is 16.6 Å². The zero-order valence-corrected chi connectivity index (χ0v) is 15.6. The lowest BCUT2D eigenvalue weighted by Gasteiger charge is -2.07. The van der Waals surface area contributed by atoms with Crippen LogP contribution in [0.5, 0.6) is 0 Å². The lowest BCUT2D eigenvalue weighted by molar-refractivity contribution is 0.580. The second kappa shape index (κ2) is 6.98. The van der Waals surface area contributed by atoms with Gasteiger partial charge in [-0.25, -0.2) is 18.1 Å². The summed E-state index contributed by atoms with van der Waals surface area (Å²) in [6.07, 6.45) is 3.74. The van der Waals surface area contributed by atoms with Crippen LogP contribution < -0.4 is 4.72 Å². The van der Waals surface area contributed by atoms with Crippen molar-refractivity contribution in [2.45, 2.75) is 18.4 Å². The molecule has 0 atom stereocenters. The molecular weight excluding hydrogens is 358 g/mol. The van der Waals surface area contributed by atoms with E-state index in [-0.39, 0.29) is 11.4 Å². The Hall–Kier alpha value is -2.96. The third kappa shape index (κ3) is 3.63. The van der Waals surface area contributed by atoms with Crippen molar-refractivity contribution in [2.24, 2.45) is 0 Å². The van der Waals surface area contributed by atoms with Crippen LogP contribution in [0.3, 0.4) is 0 Å². The Morgan fingerprint density at radius 2 is 1.63 bits per heavy atom. The van der Waals surface area contributed by atoms with Crippen molar-refractivity contribution in [1.29, 1.82) is 0 Å². The number of nitrogens with zero attached hydrogens (tertiary/aromatic N) is 2. The summed E-state index contributed by atoms with van der Waals surface area (Å²) in [6, 6.07) is 20.6. The Kier molecular flexibility index (Phi) is 4.51. The van der Waals surface area contributed by atoms with Gasteiger partial charge in [-0.05, 0) is 41.8 Å². The molecule has 0 saturated heterocycles. The number of hydrogen-bond acceptors (Lipinski definition) is 3. The van der Waals surface area contributed by atoms with Crippen molar-refractivity contribution in [3.63, 3.8) is 0 Å². The molecule has 5 nitrogen and oxygen atoms in total. The maximum atomic E-state index is 12.6. The minimum Gasteiger partial charge on any atom is -0.307 e. The van der Waals surface area contributed by atoms with E-state index < -0.39 is 10.0 Å². The number of nitrogens with one attached hydrogen (secondary N) is 1. The molecule has 0 aliphatic rings. The predicted octanol–water partition coefficient (Wildman–Crippen LogP) is 3.79. The molecule has 27 heavy (non-hydrogen) atoms. The van der Waals surface area contributed by atoms with Gasteiger partial charge in [-0.15, -0.1) is 0 Å². The Morgan fingerprint density at radius 1 is 0.926 bits per heavy atom. The van der Waals surface area contributed by atoms with Crippen LogP contribution >= 0.6 is 0 Å². The van der Waals surface area contributed by atoms with Gasteiger partial charge in [0, 0.05) is 12.4 Å². The molecule has 2 heterocycles. The van der Waals surface area contributed by atoms with Gasteiger partial charge in [-0.1, -0.05) is 48.5 Å². The van der Waals surface area contributed by atoms with E-state index in [1.54, 1.807) is 12.1 Å². The standard InChI is InChI=1S/C21H19N3O2S/c1-16-6-5-13-24-15-19(23-21(16)24)14-22-27(25,26)20-11-9-18(10-12-20)17-7-3-2-4-8-17/h2-13,15,22H,14H2,1H3. The first-order valence-electron chi connectivity index (χ1n) is 8.61. The Balaban J connectivity index is 1.52. The fourth-order valence-electron chi connectivity index (χ4n) is 3.00. The lowest BCUT2D eigenvalue weighted by Crippen LogP contribution is -2.23. The molecule has 2 aromatic carbocycles. The monoisotopic (exact) mass is 377 g/mol. The summed E-state index contributed by atoms with van der Waals surface area (Å²) >= 11 is 0. The molecule has 4 aromatic rings. The number of hydrogen-bond donors (Lipinski definition) is 1. The summed E-state index contributed by atoms with van der Waals surface area (Å²) in [5, 5.41) is 0. The predicted molar refractivity (Wildman–Crippen MR) is 106 cm³/mol. The zero-order valence-electron chi connectivity index (χ0n) is 14.8. The number of sulfonamides is 1. The van der Waals surface area contributed by atoms with Crippen LogP contribution in [0, 0.1) is 6.92 Å². The first-order valence-corrected chi connectivity index (χ1v) is 10.1. The first-order chi connectivity index (χ1) is 13.0. The molecule has 0 bridgehead atoms. The summed E-state index contributed by atoms with van der Waals surface area (Å²) in [7, 11) is -3.60. The Labute approximate surface area is 158 Å². The molecule has 136 valence electrons. The average Bonchev–Trinajstić information content (AvgIpc) is 3.12. The molecular formula is C21H19N3O2S. The number of pyridine rings is 1. The smallest absolute Gasteiger partial charge is 0.240 e. The molecule has 0 saturated carbocycles. The van der Waals surface area contributed by atoms with Gasteiger partial charge in [0.25, 0.3) is 0 Å². The third-order valence-electron chi connectivity index (χ3n) is 4.44. The second-order valence-corrected chi connectivity index (χ2v) is 8.14. The summed E-state index contributed by atoms with van der Waals surface area (Å²) in [5.74, 6) is 0. The Bertz CT molecular complexity index is 1180. The summed E-state index contributed by atoms with van der Waals surface area (Å²) < 4.78 is 29.7. The molecule has 0 spiro atoms. The number of aromatic nitrogens is 2. The van der Waals surface area contributed by atoms with Gasteiger partial charge in [-0.3, -0.25) is 0 Å². The quantitative estimate of drug-likeness (QED) is 0.576. The lowest BCUT2D eigenvalue weighted by atomic mass is 10.1. The van der Waals surface area contributed by atoms with Gasteiger partial charge >= 0.3 is 0 Å². The molecule has 0 radical (unpaired) electrons. The maximum Gasteiger partial charge on any atom is 0.240 e. The van der Waals surface area contributed by atoms with Gasteiger partial charge in [0.05, 0.1) is 17.1 Å². The molecule has 6 heteroatoms. The number of fused-ring (bicyclic) bond motifs is 1. The van der Waals surface area contributed by atoms with Crippen LogP contribution in [0.15, 0.2) is 84.0 Å². The van der Waals surface area contributed by atoms with Crippen LogP contribution in [0.4, 0.5) is 0 Å². The second-order valence-electron chi connectivity index (χ2n) is 6.37. The van der Waals surface area contributed by atoms with Crippen molar-refractivity contribution in [2.75, 3.05) is 0 Å². The third-order valence-corrected chi connectivity index (χ3v) is 5.86. The van der Waals surface area contributed by atoms with E-state index in [1.165, 1.54) is 0 Å². The molecule has 0 aliphatic carbocycles. The molecule has 0 amide bonds. The van der Waals surface area contributed by atoms with E-state index in [4.69, 9.17) is 0 Å². The molecule has 1 N–H and O–H groups in total. The zero-order chi connectivity index (χ0) is 18.9. The van der Waals surface area contributed by atoms with Crippen molar-refractivity contribution < 1.29 is 8.42 Å². The molecule has 0 aliphatic heterocycles. The topological polar surface area (TPSA) is 63.5 Å². The number of rotatable bonds is 5. The highest BCUT2D eigenvalue weighted by molar-refractivity contribution is 7.89. The normalized spacial score (nSPS) is 11.7. The number of imidazole rings is 1. The van der Waals surface area contributed by atoms with E-state index >= 15 is 0 Å². The van der Waals surface area contributed by atoms with Gasteiger partial charge in [0.15, 0.2) is 0 Å². The minimum absolute atomic E-state index is 0.143. The molecule has 0 fully saturated rings. The first kappa shape index (κ1) is 17.5. The van der Waals surface area contributed by atoms with Gasteiger partial charge < -0.3 is 4.40 Å². The summed E-state index contributed by atoms with van der Waals surface area (Å²) in [5.41, 5.74) is 4.58. The SMILES string of the molecule is Cc1cccn2cc(CNS(=O)(=O)c3ccc(-c4ccccc4)cc3)nc12. The fourth-order valence-corrected chi connectivity index (χ4v) is 4.00. The van der Waals surface area contributed by atoms with E-state index in [0.29, 0.717) is 5.69 Å². The van der Waals surface area contributed by atoms with Crippen LogP contribution in [0.25, 0.3) is 16.8 Å². The number of benzene rings is 2. The van der Waals surface area contributed by atoms with E-state index in [9.17, 15) is 8.42 Å². The van der Waals surface area contributed by atoms with Gasteiger partial charge in [0.2, 0.25) is 10.0 Å². The largest absolute Gasteiger partial charge is 0.307 e. The average molecular weight is 377 g/mol. The van der Waals surface area contributed by atoms with E-state index in [2.05, 4.69) is 9.71 Å². The highest BCUT2D eigenvalue weighted by atomic mass is 32.2. The highest BCUT2D eigenvalue weighted by Gasteiger charge is 2.15. The van der Waals surface area contributed by atoms with Crippen LogP contribution in [-0.4, -0.2) is 17.8 Å². The van der Waals surface area contributed by atoms with Crippen molar-refractivity contribution in [3.8, 4) is 11.1 Å². The maximum absolute atomic E-state index is 12.6. The molecule has 2 aromatic heterocycles. The van der Waals surface area contributed by atoms with Crippen LogP contribution in [0.2, 0.25) is 0 Å². The summed E-state index contributed by atoms with van der Waals surface area (Å²) in [6.45, 7) is 2.12. The van der Waals surface area contributed by atoms with E-state index in [0.717, 1.165) is 22.3 Å². The van der Waals surface area contributed by atoms with Crippen molar-refractivity contribution in [3.05, 3.63) is 90.4 Å². The van der Waals surface area contributed by atoms with Crippen molar-refractivity contribution in [1.82, 2.24) is 14.1 Å². The highest BCUT2D eigenvalue weighted by Crippen LogP contribution is 2.21. The van der Waals surface area contributed by atoms with Crippen molar-refractivity contribution >= 4 is 15.7 Å². The summed E-state index contributed by atoms with van der Waals surface area (Å²) in [4.78, 5) is 4.74. The number of aryl methyl sites for hydroxylation is 1. The van der Waals surface area contributed by atoms with Gasteiger partial charge in [-0.2, -0.15) is 0 Å². The molecule has 0 unspecified atom stereocenters.